The molecule has 2 rings (SSSR count). The number of carbonyl (C=O) groups is 2. The van der Waals surface area contributed by atoms with E-state index in [1.165, 1.54) is 11.9 Å². The van der Waals surface area contributed by atoms with Gasteiger partial charge in [-0.2, -0.15) is 0 Å². The van der Waals surface area contributed by atoms with Gasteiger partial charge >= 0.3 is 6.16 Å². The predicted octanol–water partition coefficient (Wildman–Crippen LogP) is 5.19. The van der Waals surface area contributed by atoms with Crippen molar-refractivity contribution in [2.24, 2.45) is 0 Å². The van der Waals surface area contributed by atoms with E-state index in [9.17, 15) is 9.59 Å². The summed E-state index contributed by atoms with van der Waals surface area (Å²) in [6, 6.07) is 4.06. The minimum absolute atomic E-state index is 0.0532. The molecule has 1 aliphatic heterocycles. The van der Waals surface area contributed by atoms with E-state index in [1.54, 1.807) is 4.31 Å². The van der Waals surface area contributed by atoms with Gasteiger partial charge in [-0.3, -0.25) is 9.10 Å². The molecule has 1 amide bonds. The van der Waals surface area contributed by atoms with E-state index in [2.05, 4.69) is 0 Å². The molecule has 0 bridgehead atoms. The molecule has 30 heavy (non-hydrogen) atoms. The molecular weight excluding hydrogens is 402 g/mol. The van der Waals surface area contributed by atoms with Gasteiger partial charge in [0, 0.05) is 5.75 Å². The van der Waals surface area contributed by atoms with Crippen molar-refractivity contribution in [1.29, 1.82) is 0 Å². The van der Waals surface area contributed by atoms with Gasteiger partial charge in [-0.05, 0) is 77.1 Å². The summed E-state index contributed by atoms with van der Waals surface area (Å²) in [5.41, 5.74) is 3.48. The zero-order valence-corrected chi connectivity index (χ0v) is 20.1. The number of ether oxygens (including phenoxy) is 3. The number of aryl methyl sites for hydroxylation is 3. The maximum absolute atomic E-state index is 13.4. The third-order valence-electron chi connectivity index (χ3n) is 4.81. The normalized spacial score (nSPS) is 15.9. The number of hydrogen-bond acceptors (Lipinski definition) is 6. The monoisotopic (exact) mass is 435 g/mol. The van der Waals surface area contributed by atoms with E-state index < -0.39 is 11.7 Å². The largest absolute Gasteiger partial charge is 0.513 e. The molecule has 0 radical (unpaired) electrons. The van der Waals surface area contributed by atoms with Crippen molar-refractivity contribution in [1.82, 2.24) is 4.31 Å². The smallest absolute Gasteiger partial charge is 0.432 e. The highest BCUT2D eigenvalue weighted by Crippen LogP contribution is 2.45. The molecule has 0 spiro atoms. The Morgan fingerprint density at radius 2 is 1.73 bits per heavy atom. The number of hydrogen-bond donors (Lipinski definition) is 0. The molecule has 0 saturated heterocycles. The Bertz CT molecular complexity index is 821. The van der Waals surface area contributed by atoms with Crippen LogP contribution in [-0.2, 0) is 19.0 Å². The molecule has 6 nitrogen and oxygen atoms in total. The first kappa shape index (κ1) is 24.3. The first-order valence-corrected chi connectivity index (χ1v) is 11.2. The number of benzene rings is 1. The van der Waals surface area contributed by atoms with Crippen LogP contribution in [0.3, 0.4) is 0 Å². The van der Waals surface area contributed by atoms with E-state index in [4.69, 9.17) is 14.2 Å². The van der Waals surface area contributed by atoms with Crippen molar-refractivity contribution < 1.29 is 23.8 Å². The van der Waals surface area contributed by atoms with Crippen molar-refractivity contribution in [3.05, 3.63) is 40.1 Å². The fourth-order valence-corrected chi connectivity index (χ4v) is 4.56. The van der Waals surface area contributed by atoms with Gasteiger partial charge in [0.25, 0.3) is 5.91 Å². The zero-order chi connectivity index (χ0) is 22.6. The number of carbonyl (C=O) groups excluding carboxylic acids is 2. The standard InChI is InChI=1S/C23H33NO5S/c1-9-30-24-21(25)19(18-16(5)12-15(4)13-17(18)6)20(23(24,7)8)29-22(26)28-11-10-27-14(2)3/h12-14H,9-11H2,1-8H3. The molecule has 1 aromatic rings. The van der Waals surface area contributed by atoms with Gasteiger partial charge in [-0.15, -0.1) is 0 Å². The summed E-state index contributed by atoms with van der Waals surface area (Å²) < 4.78 is 17.9. The number of rotatable bonds is 8. The van der Waals surface area contributed by atoms with Crippen molar-refractivity contribution in [2.75, 3.05) is 19.0 Å². The van der Waals surface area contributed by atoms with E-state index in [-0.39, 0.29) is 25.2 Å². The lowest BCUT2D eigenvalue weighted by molar-refractivity contribution is -0.121. The first-order chi connectivity index (χ1) is 14.0. The molecular formula is C23H33NO5S. The first-order valence-electron chi connectivity index (χ1n) is 10.3. The summed E-state index contributed by atoms with van der Waals surface area (Å²) >= 11 is 1.41. The molecule has 0 unspecified atom stereocenters. The van der Waals surface area contributed by atoms with Crippen LogP contribution < -0.4 is 0 Å². The van der Waals surface area contributed by atoms with Crippen LogP contribution in [0.2, 0.25) is 0 Å². The van der Waals surface area contributed by atoms with Crippen molar-refractivity contribution in [3.63, 3.8) is 0 Å². The second-order valence-electron chi connectivity index (χ2n) is 8.17. The second kappa shape index (κ2) is 9.88. The fraction of sp³-hybridized carbons (Fsp3) is 0.565. The Labute approximate surface area is 184 Å². The molecule has 0 atom stereocenters. The highest BCUT2D eigenvalue weighted by molar-refractivity contribution is 7.97. The molecule has 0 aliphatic carbocycles. The maximum atomic E-state index is 13.4. The van der Waals surface area contributed by atoms with Gasteiger partial charge in [0.05, 0.1) is 18.3 Å². The quantitative estimate of drug-likeness (QED) is 0.318. The summed E-state index contributed by atoms with van der Waals surface area (Å²) in [4.78, 5) is 25.9. The van der Waals surface area contributed by atoms with Crippen LogP contribution in [0.15, 0.2) is 17.9 Å². The lowest BCUT2D eigenvalue weighted by atomic mass is 9.91. The topological polar surface area (TPSA) is 65.1 Å². The van der Waals surface area contributed by atoms with E-state index >= 15 is 0 Å². The second-order valence-corrected chi connectivity index (χ2v) is 9.37. The summed E-state index contributed by atoms with van der Waals surface area (Å²) in [6.07, 6.45) is -0.779. The molecule has 7 heteroatoms. The van der Waals surface area contributed by atoms with Crippen LogP contribution >= 0.6 is 11.9 Å². The summed E-state index contributed by atoms with van der Waals surface area (Å²) in [5.74, 6) is 0.879. The Balaban J connectivity index is 2.43. The Kier molecular flexibility index (Phi) is 7.99. The summed E-state index contributed by atoms with van der Waals surface area (Å²) in [7, 11) is 0. The van der Waals surface area contributed by atoms with Crippen LogP contribution in [0.1, 0.15) is 56.9 Å². The molecule has 1 heterocycles. The van der Waals surface area contributed by atoms with Crippen molar-refractivity contribution >= 4 is 29.6 Å². The van der Waals surface area contributed by atoms with Gasteiger partial charge in [0.15, 0.2) is 5.76 Å². The fourth-order valence-electron chi connectivity index (χ4n) is 3.69. The van der Waals surface area contributed by atoms with Gasteiger partial charge in [-0.25, -0.2) is 4.79 Å². The minimum atomic E-state index is -0.832. The van der Waals surface area contributed by atoms with Gasteiger partial charge in [0.2, 0.25) is 0 Å². The van der Waals surface area contributed by atoms with Crippen LogP contribution in [0.5, 0.6) is 0 Å². The molecule has 166 valence electrons. The number of amides is 1. The van der Waals surface area contributed by atoms with Crippen molar-refractivity contribution in [2.45, 2.75) is 67.0 Å². The average Bonchev–Trinajstić information content (AvgIpc) is 2.79. The lowest BCUT2D eigenvalue weighted by Crippen LogP contribution is -2.39. The highest BCUT2D eigenvalue weighted by Gasteiger charge is 2.49. The summed E-state index contributed by atoms with van der Waals surface area (Å²) in [5, 5.41) is 0. The molecule has 0 aromatic heterocycles. The van der Waals surface area contributed by atoms with Gasteiger partial charge in [0.1, 0.15) is 12.1 Å². The Hall–Kier alpha value is -1.99. The van der Waals surface area contributed by atoms with Crippen LogP contribution in [0.25, 0.3) is 5.57 Å². The average molecular weight is 436 g/mol. The van der Waals surface area contributed by atoms with E-state index in [0.29, 0.717) is 11.3 Å². The van der Waals surface area contributed by atoms with Gasteiger partial charge < -0.3 is 14.2 Å². The third kappa shape index (κ3) is 5.19. The van der Waals surface area contributed by atoms with Crippen molar-refractivity contribution in [3.8, 4) is 0 Å². The Morgan fingerprint density at radius 1 is 1.13 bits per heavy atom. The number of nitrogens with zero attached hydrogens (tertiary/aromatic N) is 1. The molecule has 1 aliphatic rings. The van der Waals surface area contributed by atoms with Crippen LogP contribution in [-0.4, -0.2) is 47.0 Å². The molecule has 0 N–H and O–H groups in total. The predicted molar refractivity (Wildman–Crippen MR) is 120 cm³/mol. The molecule has 0 saturated carbocycles. The van der Waals surface area contributed by atoms with Crippen LogP contribution in [0, 0.1) is 20.8 Å². The molecule has 0 fully saturated rings. The SMILES string of the molecule is CCSN1C(=O)C(c2c(C)cc(C)cc2C)=C(OC(=O)OCCOC(C)C)C1(C)C. The maximum Gasteiger partial charge on any atom is 0.513 e. The lowest BCUT2D eigenvalue weighted by Gasteiger charge is -2.31. The van der Waals surface area contributed by atoms with Gasteiger partial charge in [-0.1, -0.05) is 24.6 Å². The van der Waals surface area contributed by atoms with Crippen LogP contribution in [0.4, 0.5) is 4.79 Å². The highest BCUT2D eigenvalue weighted by atomic mass is 32.2. The molecule has 1 aromatic carbocycles. The van der Waals surface area contributed by atoms with E-state index in [1.807, 2.05) is 67.5 Å². The Morgan fingerprint density at radius 3 is 2.27 bits per heavy atom. The third-order valence-corrected chi connectivity index (χ3v) is 5.95. The summed E-state index contributed by atoms with van der Waals surface area (Å²) in [6.45, 7) is 15.9. The minimum Gasteiger partial charge on any atom is -0.432 e. The van der Waals surface area contributed by atoms with E-state index in [0.717, 1.165) is 28.0 Å². The zero-order valence-electron chi connectivity index (χ0n) is 19.3.